The SMILES string of the molecule is Cc1ccc(S(=O)(=O)NCc2ccccc2)cc1C(=O)NC(C)c1ncc[nH]1. The Bertz CT molecular complexity index is 1050. The van der Waals surface area contributed by atoms with Crippen molar-refractivity contribution in [3.63, 3.8) is 0 Å². The lowest BCUT2D eigenvalue weighted by Crippen LogP contribution is -2.29. The number of carbonyl (C=O) groups is 1. The first-order chi connectivity index (χ1) is 13.4. The normalized spacial score (nSPS) is 12.5. The molecule has 0 saturated heterocycles. The standard InChI is InChI=1S/C20H22N4O3S/c1-14-8-9-17(28(26,27)23-13-16-6-4-3-5-7-16)12-18(14)20(25)24-15(2)19-21-10-11-22-19/h3-12,15,23H,13H2,1-2H3,(H,21,22)(H,24,25). The molecular weight excluding hydrogens is 376 g/mol. The van der Waals surface area contributed by atoms with Gasteiger partial charge in [0.1, 0.15) is 5.82 Å². The molecule has 1 heterocycles. The number of H-pyrrole nitrogens is 1. The third kappa shape index (κ3) is 4.65. The Morgan fingerprint density at radius 2 is 1.93 bits per heavy atom. The van der Waals surface area contributed by atoms with E-state index in [1.54, 1.807) is 32.3 Å². The van der Waals surface area contributed by atoms with Crippen LogP contribution < -0.4 is 10.0 Å². The molecule has 0 aliphatic heterocycles. The van der Waals surface area contributed by atoms with Crippen LogP contribution in [-0.2, 0) is 16.6 Å². The molecule has 3 rings (SSSR count). The van der Waals surface area contributed by atoms with Crippen molar-refractivity contribution >= 4 is 15.9 Å². The molecule has 1 aromatic heterocycles. The van der Waals surface area contributed by atoms with Gasteiger partial charge in [-0.15, -0.1) is 0 Å². The molecule has 1 atom stereocenters. The number of imidazole rings is 1. The fourth-order valence-corrected chi connectivity index (χ4v) is 3.77. The van der Waals surface area contributed by atoms with Crippen LogP contribution in [0.2, 0.25) is 0 Å². The van der Waals surface area contributed by atoms with Gasteiger partial charge in [-0.1, -0.05) is 36.4 Å². The molecule has 28 heavy (non-hydrogen) atoms. The quantitative estimate of drug-likeness (QED) is 0.569. The van der Waals surface area contributed by atoms with Crippen molar-refractivity contribution in [1.82, 2.24) is 20.0 Å². The van der Waals surface area contributed by atoms with Crippen molar-refractivity contribution < 1.29 is 13.2 Å². The van der Waals surface area contributed by atoms with Gasteiger partial charge in [0, 0.05) is 24.5 Å². The van der Waals surface area contributed by atoms with Gasteiger partial charge < -0.3 is 10.3 Å². The molecule has 0 fully saturated rings. The third-order valence-corrected chi connectivity index (χ3v) is 5.75. The van der Waals surface area contributed by atoms with Crippen LogP contribution in [0.4, 0.5) is 0 Å². The summed E-state index contributed by atoms with van der Waals surface area (Å²) in [6.07, 6.45) is 3.28. The van der Waals surface area contributed by atoms with Crippen LogP contribution in [0.25, 0.3) is 0 Å². The molecular formula is C20H22N4O3S. The first kappa shape index (κ1) is 19.8. The summed E-state index contributed by atoms with van der Waals surface area (Å²) >= 11 is 0. The maximum absolute atomic E-state index is 12.7. The van der Waals surface area contributed by atoms with Crippen molar-refractivity contribution in [2.75, 3.05) is 0 Å². The van der Waals surface area contributed by atoms with Gasteiger partial charge in [-0.25, -0.2) is 18.1 Å². The molecule has 3 aromatic rings. The number of rotatable bonds is 7. The first-order valence-corrected chi connectivity index (χ1v) is 10.3. The van der Waals surface area contributed by atoms with Crippen LogP contribution in [0.3, 0.4) is 0 Å². The van der Waals surface area contributed by atoms with Crippen molar-refractivity contribution in [2.45, 2.75) is 31.3 Å². The Balaban J connectivity index is 1.77. The van der Waals surface area contributed by atoms with Crippen LogP contribution in [-0.4, -0.2) is 24.3 Å². The summed E-state index contributed by atoms with van der Waals surface area (Å²) in [7, 11) is -3.75. The average Bonchev–Trinajstić information content (AvgIpc) is 3.22. The number of aromatic nitrogens is 2. The Morgan fingerprint density at radius 3 is 2.61 bits per heavy atom. The summed E-state index contributed by atoms with van der Waals surface area (Å²) in [5, 5.41) is 2.83. The number of amides is 1. The van der Waals surface area contributed by atoms with E-state index in [4.69, 9.17) is 0 Å². The molecule has 0 radical (unpaired) electrons. The van der Waals surface area contributed by atoms with Crippen molar-refractivity contribution in [1.29, 1.82) is 0 Å². The van der Waals surface area contributed by atoms with E-state index in [2.05, 4.69) is 20.0 Å². The molecule has 7 nitrogen and oxygen atoms in total. The number of carbonyl (C=O) groups excluding carboxylic acids is 1. The van der Waals surface area contributed by atoms with Gasteiger partial charge in [0.25, 0.3) is 5.91 Å². The van der Waals surface area contributed by atoms with Crippen LogP contribution in [0.15, 0.2) is 65.8 Å². The van der Waals surface area contributed by atoms with Gasteiger partial charge in [0.15, 0.2) is 0 Å². The van der Waals surface area contributed by atoms with Crippen LogP contribution >= 0.6 is 0 Å². The maximum Gasteiger partial charge on any atom is 0.252 e. The summed E-state index contributed by atoms with van der Waals surface area (Å²) in [6.45, 7) is 3.74. The van der Waals surface area contributed by atoms with E-state index < -0.39 is 10.0 Å². The number of nitrogens with one attached hydrogen (secondary N) is 3. The second-order valence-electron chi connectivity index (χ2n) is 6.46. The monoisotopic (exact) mass is 398 g/mol. The molecule has 1 amide bonds. The molecule has 0 saturated carbocycles. The number of benzene rings is 2. The fraction of sp³-hybridized carbons (Fsp3) is 0.200. The molecule has 2 aromatic carbocycles. The van der Waals surface area contributed by atoms with Crippen LogP contribution in [0.1, 0.15) is 40.3 Å². The van der Waals surface area contributed by atoms with Gasteiger partial charge >= 0.3 is 0 Å². The summed E-state index contributed by atoms with van der Waals surface area (Å²) in [5.41, 5.74) is 1.84. The molecule has 0 aliphatic carbocycles. The van der Waals surface area contributed by atoms with Crippen molar-refractivity contribution in [3.05, 3.63) is 83.4 Å². The Kier molecular flexibility index (Phi) is 5.91. The second-order valence-corrected chi connectivity index (χ2v) is 8.22. The smallest absolute Gasteiger partial charge is 0.252 e. The lowest BCUT2D eigenvalue weighted by atomic mass is 10.1. The molecule has 1 unspecified atom stereocenters. The molecule has 3 N–H and O–H groups in total. The Hall–Kier alpha value is -2.97. The van der Waals surface area contributed by atoms with Gasteiger partial charge in [-0.3, -0.25) is 4.79 Å². The average molecular weight is 398 g/mol. The summed E-state index contributed by atoms with van der Waals surface area (Å²) in [6, 6.07) is 13.4. The van der Waals surface area contributed by atoms with Gasteiger partial charge in [-0.2, -0.15) is 0 Å². The largest absolute Gasteiger partial charge is 0.347 e. The van der Waals surface area contributed by atoms with E-state index in [0.29, 0.717) is 17.0 Å². The fourth-order valence-electron chi connectivity index (χ4n) is 2.73. The predicted molar refractivity (Wildman–Crippen MR) is 106 cm³/mol. The zero-order valence-electron chi connectivity index (χ0n) is 15.6. The number of hydrogen-bond acceptors (Lipinski definition) is 4. The molecule has 0 aliphatic rings. The second kappa shape index (κ2) is 8.37. The van der Waals surface area contributed by atoms with Crippen LogP contribution in [0.5, 0.6) is 0 Å². The summed E-state index contributed by atoms with van der Waals surface area (Å²) in [4.78, 5) is 19.8. The van der Waals surface area contributed by atoms with Gasteiger partial charge in [-0.05, 0) is 37.1 Å². The highest BCUT2D eigenvalue weighted by Crippen LogP contribution is 2.17. The van der Waals surface area contributed by atoms with E-state index in [0.717, 1.165) is 5.56 Å². The van der Waals surface area contributed by atoms with E-state index in [1.165, 1.54) is 12.1 Å². The molecule has 0 spiro atoms. The van der Waals surface area contributed by atoms with E-state index in [9.17, 15) is 13.2 Å². The Labute approximate surface area is 164 Å². The zero-order valence-corrected chi connectivity index (χ0v) is 16.5. The summed E-state index contributed by atoms with van der Waals surface area (Å²) < 4.78 is 27.9. The topological polar surface area (TPSA) is 104 Å². The van der Waals surface area contributed by atoms with Crippen molar-refractivity contribution in [3.8, 4) is 0 Å². The Morgan fingerprint density at radius 1 is 1.18 bits per heavy atom. The maximum atomic E-state index is 12.7. The zero-order chi connectivity index (χ0) is 20.1. The number of nitrogens with zero attached hydrogens (tertiary/aromatic N) is 1. The van der Waals surface area contributed by atoms with Gasteiger partial charge in [0.2, 0.25) is 10.0 Å². The van der Waals surface area contributed by atoms with Gasteiger partial charge in [0.05, 0.1) is 10.9 Å². The molecule has 8 heteroatoms. The summed E-state index contributed by atoms with van der Waals surface area (Å²) in [5.74, 6) is 0.265. The highest BCUT2D eigenvalue weighted by Gasteiger charge is 2.19. The molecule has 146 valence electrons. The first-order valence-electron chi connectivity index (χ1n) is 8.81. The van der Waals surface area contributed by atoms with Crippen molar-refractivity contribution in [2.24, 2.45) is 0 Å². The highest BCUT2D eigenvalue weighted by atomic mass is 32.2. The number of aryl methyl sites for hydroxylation is 1. The minimum atomic E-state index is -3.75. The lowest BCUT2D eigenvalue weighted by Gasteiger charge is -2.14. The lowest BCUT2D eigenvalue weighted by molar-refractivity contribution is 0.0937. The minimum absolute atomic E-state index is 0.0461. The predicted octanol–water partition coefficient (Wildman–Crippen LogP) is 2.69. The number of sulfonamides is 1. The third-order valence-electron chi connectivity index (χ3n) is 4.35. The van der Waals surface area contributed by atoms with E-state index in [1.807, 2.05) is 30.3 Å². The van der Waals surface area contributed by atoms with Crippen LogP contribution in [0, 0.1) is 6.92 Å². The van der Waals surface area contributed by atoms with E-state index in [-0.39, 0.29) is 23.4 Å². The van der Waals surface area contributed by atoms with E-state index >= 15 is 0 Å². The molecule has 0 bridgehead atoms. The number of aromatic amines is 1. The highest BCUT2D eigenvalue weighted by molar-refractivity contribution is 7.89. The minimum Gasteiger partial charge on any atom is -0.347 e. The number of hydrogen-bond donors (Lipinski definition) is 3.